The SMILES string of the molecule is CCN(CC)C(=O)Nc1cc(C)c(C)cc1N. The van der Waals surface area contributed by atoms with Gasteiger partial charge in [-0.15, -0.1) is 0 Å². The highest BCUT2D eigenvalue weighted by molar-refractivity contribution is 5.92. The Bertz CT molecular complexity index is 411. The quantitative estimate of drug-likeness (QED) is 0.791. The number of nitrogens with one attached hydrogen (secondary N) is 1. The van der Waals surface area contributed by atoms with Crippen LogP contribution in [0.2, 0.25) is 0 Å². The molecule has 17 heavy (non-hydrogen) atoms. The Hall–Kier alpha value is -1.71. The maximum absolute atomic E-state index is 11.9. The molecule has 1 aromatic carbocycles. The molecule has 0 saturated heterocycles. The zero-order chi connectivity index (χ0) is 13.0. The van der Waals surface area contributed by atoms with Crippen LogP contribution in [0.25, 0.3) is 0 Å². The van der Waals surface area contributed by atoms with E-state index in [-0.39, 0.29) is 6.03 Å². The summed E-state index contributed by atoms with van der Waals surface area (Å²) in [5, 5.41) is 2.84. The first-order chi connectivity index (χ1) is 7.99. The third kappa shape index (κ3) is 3.12. The third-order valence-corrected chi connectivity index (χ3v) is 2.96. The van der Waals surface area contributed by atoms with Gasteiger partial charge in [0.25, 0.3) is 0 Å². The highest BCUT2D eigenvalue weighted by Crippen LogP contribution is 2.23. The van der Waals surface area contributed by atoms with Gasteiger partial charge in [-0.05, 0) is 51.0 Å². The predicted octanol–water partition coefficient (Wildman–Crippen LogP) is 2.76. The zero-order valence-corrected chi connectivity index (χ0v) is 11.0. The largest absolute Gasteiger partial charge is 0.397 e. The van der Waals surface area contributed by atoms with Crippen LogP contribution in [-0.2, 0) is 0 Å². The van der Waals surface area contributed by atoms with Gasteiger partial charge in [0.1, 0.15) is 0 Å². The molecule has 4 heteroatoms. The number of benzene rings is 1. The van der Waals surface area contributed by atoms with E-state index in [1.165, 1.54) is 0 Å². The first kappa shape index (κ1) is 13.4. The van der Waals surface area contributed by atoms with E-state index in [1.54, 1.807) is 4.90 Å². The second-order valence-electron chi connectivity index (χ2n) is 4.13. The smallest absolute Gasteiger partial charge is 0.321 e. The van der Waals surface area contributed by atoms with Gasteiger partial charge in [0, 0.05) is 13.1 Å². The second kappa shape index (κ2) is 5.57. The first-order valence-corrected chi connectivity index (χ1v) is 5.92. The Morgan fingerprint density at radius 2 is 1.76 bits per heavy atom. The van der Waals surface area contributed by atoms with Crippen LogP contribution in [0.1, 0.15) is 25.0 Å². The van der Waals surface area contributed by atoms with Gasteiger partial charge < -0.3 is 16.0 Å². The van der Waals surface area contributed by atoms with E-state index in [1.807, 2.05) is 39.8 Å². The van der Waals surface area contributed by atoms with Crippen molar-refractivity contribution >= 4 is 17.4 Å². The number of aryl methyl sites for hydroxylation is 2. The summed E-state index contributed by atoms with van der Waals surface area (Å²) in [5.41, 5.74) is 9.43. The number of hydrogen-bond donors (Lipinski definition) is 2. The van der Waals surface area contributed by atoms with Gasteiger partial charge in [-0.2, -0.15) is 0 Å². The van der Waals surface area contributed by atoms with Crippen molar-refractivity contribution in [3.63, 3.8) is 0 Å². The summed E-state index contributed by atoms with van der Waals surface area (Å²) < 4.78 is 0. The van der Waals surface area contributed by atoms with E-state index in [9.17, 15) is 4.79 Å². The van der Waals surface area contributed by atoms with Gasteiger partial charge in [-0.3, -0.25) is 0 Å². The summed E-state index contributed by atoms with van der Waals surface area (Å²) in [6.07, 6.45) is 0. The van der Waals surface area contributed by atoms with E-state index in [0.29, 0.717) is 24.5 Å². The van der Waals surface area contributed by atoms with E-state index < -0.39 is 0 Å². The minimum atomic E-state index is -0.107. The molecule has 0 saturated carbocycles. The zero-order valence-electron chi connectivity index (χ0n) is 11.0. The van der Waals surface area contributed by atoms with E-state index in [4.69, 9.17) is 5.73 Å². The van der Waals surface area contributed by atoms with Crippen LogP contribution >= 0.6 is 0 Å². The van der Waals surface area contributed by atoms with Crippen molar-refractivity contribution in [1.29, 1.82) is 0 Å². The number of urea groups is 1. The highest BCUT2D eigenvalue weighted by Gasteiger charge is 2.11. The van der Waals surface area contributed by atoms with Crippen molar-refractivity contribution in [1.82, 2.24) is 4.90 Å². The molecule has 0 radical (unpaired) electrons. The molecule has 3 N–H and O–H groups in total. The average Bonchev–Trinajstić information content (AvgIpc) is 2.27. The number of nitrogens with two attached hydrogens (primary N) is 1. The van der Waals surface area contributed by atoms with Gasteiger partial charge in [0.15, 0.2) is 0 Å². The van der Waals surface area contributed by atoms with Crippen LogP contribution in [0.4, 0.5) is 16.2 Å². The number of nitrogens with zero attached hydrogens (tertiary/aromatic N) is 1. The molecule has 0 heterocycles. The Morgan fingerprint density at radius 1 is 1.24 bits per heavy atom. The molecule has 0 aliphatic carbocycles. The van der Waals surface area contributed by atoms with E-state index in [0.717, 1.165) is 11.1 Å². The molecule has 1 rings (SSSR count). The molecular formula is C13H21N3O. The summed E-state index contributed by atoms with van der Waals surface area (Å²) in [6.45, 7) is 9.28. The molecule has 0 unspecified atom stereocenters. The summed E-state index contributed by atoms with van der Waals surface area (Å²) in [4.78, 5) is 13.6. The Balaban J connectivity index is 2.88. The van der Waals surface area contributed by atoms with Crippen LogP contribution in [-0.4, -0.2) is 24.0 Å². The van der Waals surface area contributed by atoms with Crippen molar-refractivity contribution in [2.45, 2.75) is 27.7 Å². The van der Waals surface area contributed by atoms with Gasteiger partial charge in [-0.1, -0.05) is 0 Å². The molecule has 0 atom stereocenters. The molecule has 2 amide bonds. The summed E-state index contributed by atoms with van der Waals surface area (Å²) in [7, 11) is 0. The Morgan fingerprint density at radius 3 is 2.29 bits per heavy atom. The molecule has 0 fully saturated rings. The molecule has 0 aromatic heterocycles. The summed E-state index contributed by atoms with van der Waals surface area (Å²) in [5.74, 6) is 0. The van der Waals surface area contributed by atoms with E-state index in [2.05, 4.69) is 5.32 Å². The molecular weight excluding hydrogens is 214 g/mol. The van der Waals surface area contributed by atoms with Gasteiger partial charge in [0.05, 0.1) is 11.4 Å². The Labute approximate surface area is 103 Å². The maximum atomic E-state index is 11.9. The topological polar surface area (TPSA) is 58.4 Å². The number of nitrogen functional groups attached to an aromatic ring is 1. The number of carbonyl (C=O) groups excluding carboxylic acids is 1. The van der Waals surface area contributed by atoms with Gasteiger partial charge in [0.2, 0.25) is 0 Å². The molecule has 94 valence electrons. The Kier molecular flexibility index (Phi) is 4.37. The van der Waals surface area contributed by atoms with Crippen LogP contribution in [0.3, 0.4) is 0 Å². The van der Waals surface area contributed by atoms with Gasteiger partial charge >= 0.3 is 6.03 Å². The fraction of sp³-hybridized carbons (Fsp3) is 0.462. The lowest BCUT2D eigenvalue weighted by molar-refractivity contribution is 0.217. The monoisotopic (exact) mass is 235 g/mol. The van der Waals surface area contributed by atoms with Crippen LogP contribution in [0.5, 0.6) is 0 Å². The molecule has 0 bridgehead atoms. The number of hydrogen-bond acceptors (Lipinski definition) is 2. The maximum Gasteiger partial charge on any atom is 0.321 e. The van der Waals surface area contributed by atoms with Crippen molar-refractivity contribution in [2.75, 3.05) is 24.1 Å². The molecule has 0 spiro atoms. The minimum absolute atomic E-state index is 0.107. The molecule has 0 aliphatic rings. The molecule has 1 aromatic rings. The number of carbonyl (C=O) groups is 1. The van der Waals surface area contributed by atoms with Crippen LogP contribution < -0.4 is 11.1 Å². The highest BCUT2D eigenvalue weighted by atomic mass is 16.2. The molecule has 0 aliphatic heterocycles. The standard InChI is InChI=1S/C13H21N3O/c1-5-16(6-2)13(17)15-12-8-10(4)9(3)7-11(12)14/h7-8H,5-6,14H2,1-4H3,(H,15,17). The van der Waals surface area contributed by atoms with Crippen molar-refractivity contribution < 1.29 is 4.79 Å². The number of anilines is 2. The lowest BCUT2D eigenvalue weighted by Crippen LogP contribution is -2.34. The lowest BCUT2D eigenvalue weighted by atomic mass is 10.1. The minimum Gasteiger partial charge on any atom is -0.397 e. The second-order valence-corrected chi connectivity index (χ2v) is 4.13. The summed E-state index contributed by atoms with van der Waals surface area (Å²) in [6, 6.07) is 3.68. The fourth-order valence-corrected chi connectivity index (χ4v) is 1.65. The first-order valence-electron chi connectivity index (χ1n) is 5.92. The fourth-order valence-electron chi connectivity index (χ4n) is 1.65. The van der Waals surface area contributed by atoms with Crippen molar-refractivity contribution in [3.05, 3.63) is 23.3 Å². The number of rotatable bonds is 3. The molecule has 4 nitrogen and oxygen atoms in total. The third-order valence-electron chi connectivity index (χ3n) is 2.96. The van der Waals surface area contributed by atoms with Crippen molar-refractivity contribution in [2.24, 2.45) is 0 Å². The van der Waals surface area contributed by atoms with Crippen molar-refractivity contribution in [3.8, 4) is 0 Å². The van der Waals surface area contributed by atoms with Crippen LogP contribution in [0.15, 0.2) is 12.1 Å². The summed E-state index contributed by atoms with van der Waals surface area (Å²) >= 11 is 0. The predicted molar refractivity (Wildman–Crippen MR) is 72.3 cm³/mol. The van der Waals surface area contributed by atoms with E-state index >= 15 is 0 Å². The number of amides is 2. The van der Waals surface area contributed by atoms with Crippen LogP contribution in [0, 0.1) is 13.8 Å². The lowest BCUT2D eigenvalue weighted by Gasteiger charge is -2.20. The normalized spacial score (nSPS) is 10.1. The van der Waals surface area contributed by atoms with Gasteiger partial charge in [-0.25, -0.2) is 4.79 Å². The average molecular weight is 235 g/mol.